The number of carbonyl (C=O) groups is 2. The van der Waals surface area contributed by atoms with E-state index in [1.165, 1.54) is 17.0 Å². The van der Waals surface area contributed by atoms with Gasteiger partial charge in [0.1, 0.15) is 11.6 Å². The van der Waals surface area contributed by atoms with Gasteiger partial charge in [-0.15, -0.1) is 0 Å². The van der Waals surface area contributed by atoms with Crippen LogP contribution >= 0.6 is 0 Å². The number of rotatable bonds is 5. The lowest BCUT2D eigenvalue weighted by Crippen LogP contribution is -2.39. The fourth-order valence-corrected chi connectivity index (χ4v) is 3.37. The number of halogens is 1. The molecule has 6 heteroatoms. The van der Waals surface area contributed by atoms with Crippen LogP contribution in [0.25, 0.3) is 10.8 Å². The van der Waals surface area contributed by atoms with Gasteiger partial charge in [-0.05, 0) is 41.1 Å². The summed E-state index contributed by atoms with van der Waals surface area (Å²) in [5, 5.41) is 4.94. The van der Waals surface area contributed by atoms with Crippen LogP contribution in [0.15, 0.2) is 66.7 Å². The molecule has 2 amide bonds. The molecular formula is C22H19FN2O3. The lowest BCUT2D eigenvalue weighted by atomic mass is 10.1. The van der Waals surface area contributed by atoms with E-state index in [-0.39, 0.29) is 30.9 Å². The highest BCUT2D eigenvalue weighted by molar-refractivity contribution is 5.97. The van der Waals surface area contributed by atoms with Gasteiger partial charge in [-0.2, -0.15) is 0 Å². The van der Waals surface area contributed by atoms with Crippen molar-refractivity contribution >= 4 is 28.3 Å². The van der Waals surface area contributed by atoms with E-state index in [0.29, 0.717) is 18.0 Å². The summed E-state index contributed by atoms with van der Waals surface area (Å²) in [5.41, 5.74) is 0.495. The Morgan fingerprint density at radius 3 is 2.71 bits per heavy atom. The van der Waals surface area contributed by atoms with Crippen molar-refractivity contribution in [1.29, 1.82) is 0 Å². The average molecular weight is 378 g/mol. The number of hydrogen-bond acceptors (Lipinski definition) is 3. The van der Waals surface area contributed by atoms with Gasteiger partial charge in [0, 0.05) is 18.7 Å². The van der Waals surface area contributed by atoms with E-state index in [2.05, 4.69) is 5.32 Å². The normalized spacial score (nSPS) is 16.4. The Kier molecular flexibility index (Phi) is 4.93. The highest BCUT2D eigenvalue weighted by Crippen LogP contribution is 2.23. The molecule has 0 radical (unpaired) electrons. The highest BCUT2D eigenvalue weighted by Gasteiger charge is 2.31. The molecule has 3 aromatic carbocycles. The molecule has 1 saturated heterocycles. The monoisotopic (exact) mass is 378 g/mol. The molecule has 0 bridgehead atoms. The largest absolute Gasteiger partial charge is 0.484 e. The minimum atomic E-state index is -0.401. The van der Waals surface area contributed by atoms with E-state index in [0.717, 1.165) is 10.8 Å². The molecule has 0 saturated carbocycles. The van der Waals surface area contributed by atoms with Crippen molar-refractivity contribution in [3.8, 4) is 5.75 Å². The molecule has 0 spiro atoms. The number of carbonyl (C=O) groups excluding carboxylic acids is 2. The number of nitrogens with one attached hydrogen (secondary N) is 1. The molecule has 4 rings (SSSR count). The quantitative estimate of drug-likeness (QED) is 0.741. The van der Waals surface area contributed by atoms with Gasteiger partial charge in [-0.1, -0.05) is 36.4 Å². The van der Waals surface area contributed by atoms with E-state index < -0.39 is 5.82 Å². The molecule has 142 valence electrons. The predicted octanol–water partition coefficient (Wildman–Crippen LogP) is 3.28. The van der Waals surface area contributed by atoms with Crippen molar-refractivity contribution in [3.05, 3.63) is 72.5 Å². The van der Waals surface area contributed by atoms with Crippen LogP contribution < -0.4 is 15.0 Å². The molecule has 3 aromatic rings. The van der Waals surface area contributed by atoms with Gasteiger partial charge in [-0.3, -0.25) is 9.59 Å². The Hall–Kier alpha value is -3.41. The first-order chi connectivity index (χ1) is 13.6. The van der Waals surface area contributed by atoms with Crippen molar-refractivity contribution in [2.75, 3.05) is 18.1 Å². The zero-order valence-corrected chi connectivity index (χ0v) is 15.1. The van der Waals surface area contributed by atoms with Crippen molar-refractivity contribution in [3.63, 3.8) is 0 Å². The number of ether oxygens (including phenoxy) is 1. The molecule has 1 N–H and O–H groups in total. The summed E-state index contributed by atoms with van der Waals surface area (Å²) in [4.78, 5) is 25.9. The van der Waals surface area contributed by atoms with Gasteiger partial charge in [0.05, 0.1) is 6.04 Å². The minimum Gasteiger partial charge on any atom is -0.484 e. The summed E-state index contributed by atoms with van der Waals surface area (Å²) in [6.45, 7) is 0.174. The standard InChI is InChI=1S/C22H19FN2O3/c23-17-6-3-7-19(11-17)25-13-18(12-22(25)27)24-21(26)14-28-20-9-8-15-4-1-2-5-16(15)10-20/h1-11,18H,12-14H2,(H,24,26)/t18-/m0/s1. The van der Waals surface area contributed by atoms with Crippen molar-refractivity contribution < 1.29 is 18.7 Å². The molecule has 1 fully saturated rings. The summed E-state index contributed by atoms with van der Waals surface area (Å²) >= 11 is 0. The molecule has 1 aliphatic rings. The third-order valence-electron chi connectivity index (χ3n) is 4.70. The van der Waals surface area contributed by atoms with Crippen LogP contribution in [0.2, 0.25) is 0 Å². The first kappa shape index (κ1) is 18.0. The molecular weight excluding hydrogens is 359 g/mol. The SMILES string of the molecule is O=C(COc1ccc2ccccc2c1)N[C@H]1CC(=O)N(c2cccc(F)c2)C1. The second kappa shape index (κ2) is 7.68. The van der Waals surface area contributed by atoms with Crippen molar-refractivity contribution in [1.82, 2.24) is 5.32 Å². The smallest absolute Gasteiger partial charge is 0.258 e. The van der Waals surface area contributed by atoms with Gasteiger partial charge in [-0.25, -0.2) is 4.39 Å². The number of hydrogen-bond donors (Lipinski definition) is 1. The first-order valence-electron chi connectivity index (χ1n) is 9.05. The summed E-state index contributed by atoms with van der Waals surface area (Å²) in [5.74, 6) is -0.238. The van der Waals surface area contributed by atoms with Crippen LogP contribution in [0.5, 0.6) is 5.75 Å². The molecule has 0 aromatic heterocycles. The molecule has 5 nitrogen and oxygen atoms in total. The lowest BCUT2D eigenvalue weighted by Gasteiger charge is -2.17. The zero-order chi connectivity index (χ0) is 19.5. The third-order valence-corrected chi connectivity index (χ3v) is 4.70. The van der Waals surface area contributed by atoms with Crippen molar-refractivity contribution in [2.45, 2.75) is 12.5 Å². The average Bonchev–Trinajstić information content (AvgIpc) is 3.06. The molecule has 1 aliphatic heterocycles. The van der Waals surface area contributed by atoms with E-state index in [9.17, 15) is 14.0 Å². The molecule has 28 heavy (non-hydrogen) atoms. The summed E-state index contributed by atoms with van der Waals surface area (Å²) in [6, 6.07) is 19.1. The van der Waals surface area contributed by atoms with Crippen LogP contribution in [-0.4, -0.2) is 31.0 Å². The number of nitrogens with zero attached hydrogens (tertiary/aromatic N) is 1. The third kappa shape index (κ3) is 3.96. The summed E-state index contributed by atoms with van der Waals surface area (Å²) in [7, 11) is 0. The highest BCUT2D eigenvalue weighted by atomic mass is 19.1. The van der Waals surface area contributed by atoms with Crippen LogP contribution in [0.4, 0.5) is 10.1 Å². The van der Waals surface area contributed by atoms with E-state index in [1.54, 1.807) is 12.1 Å². The van der Waals surface area contributed by atoms with Gasteiger partial charge >= 0.3 is 0 Å². The Morgan fingerprint density at radius 1 is 1.07 bits per heavy atom. The zero-order valence-electron chi connectivity index (χ0n) is 15.1. The van der Waals surface area contributed by atoms with Crippen LogP contribution in [0.3, 0.4) is 0 Å². The number of benzene rings is 3. The minimum absolute atomic E-state index is 0.136. The molecule has 0 unspecified atom stereocenters. The summed E-state index contributed by atoms with van der Waals surface area (Å²) in [6.07, 6.45) is 0.179. The van der Waals surface area contributed by atoms with Crippen LogP contribution in [0, 0.1) is 5.82 Å². The Balaban J connectivity index is 1.33. The number of fused-ring (bicyclic) bond motifs is 1. The fourth-order valence-electron chi connectivity index (χ4n) is 3.37. The first-order valence-corrected chi connectivity index (χ1v) is 9.05. The lowest BCUT2D eigenvalue weighted by molar-refractivity contribution is -0.123. The fraction of sp³-hybridized carbons (Fsp3) is 0.182. The molecule has 0 aliphatic carbocycles. The Labute approximate surface area is 161 Å². The van der Waals surface area contributed by atoms with Gasteiger partial charge in [0.2, 0.25) is 5.91 Å². The van der Waals surface area contributed by atoms with Crippen LogP contribution in [-0.2, 0) is 9.59 Å². The predicted molar refractivity (Wildman–Crippen MR) is 105 cm³/mol. The van der Waals surface area contributed by atoms with Crippen LogP contribution in [0.1, 0.15) is 6.42 Å². The second-order valence-corrected chi connectivity index (χ2v) is 6.75. The Morgan fingerprint density at radius 2 is 1.89 bits per heavy atom. The maximum atomic E-state index is 13.4. The van der Waals surface area contributed by atoms with Gasteiger partial charge < -0.3 is 15.0 Å². The summed E-state index contributed by atoms with van der Waals surface area (Å²) < 4.78 is 19.0. The van der Waals surface area contributed by atoms with E-state index in [4.69, 9.17) is 4.74 Å². The molecule has 1 atom stereocenters. The van der Waals surface area contributed by atoms with E-state index >= 15 is 0 Å². The van der Waals surface area contributed by atoms with E-state index in [1.807, 2.05) is 42.5 Å². The second-order valence-electron chi connectivity index (χ2n) is 6.75. The van der Waals surface area contributed by atoms with Gasteiger partial charge in [0.25, 0.3) is 5.91 Å². The van der Waals surface area contributed by atoms with Crippen molar-refractivity contribution in [2.24, 2.45) is 0 Å². The maximum Gasteiger partial charge on any atom is 0.258 e. The number of amides is 2. The number of anilines is 1. The topological polar surface area (TPSA) is 58.6 Å². The van der Waals surface area contributed by atoms with Gasteiger partial charge in [0.15, 0.2) is 6.61 Å². The molecule has 1 heterocycles. The Bertz CT molecular complexity index is 1040. The maximum absolute atomic E-state index is 13.4.